The van der Waals surface area contributed by atoms with E-state index in [0.29, 0.717) is 5.78 Å². The molecular formula is C12H8N6. The molecule has 18 heavy (non-hydrogen) atoms. The van der Waals surface area contributed by atoms with E-state index < -0.39 is 0 Å². The van der Waals surface area contributed by atoms with Gasteiger partial charge in [-0.05, 0) is 12.1 Å². The third kappa shape index (κ3) is 1.29. The van der Waals surface area contributed by atoms with Crippen molar-refractivity contribution in [2.75, 3.05) is 0 Å². The van der Waals surface area contributed by atoms with E-state index in [4.69, 9.17) is 0 Å². The molecule has 0 aromatic carbocycles. The summed E-state index contributed by atoms with van der Waals surface area (Å²) in [5.74, 6) is 0.680. The Morgan fingerprint density at radius 3 is 3.11 bits per heavy atom. The Morgan fingerprint density at radius 1 is 1.17 bits per heavy atom. The van der Waals surface area contributed by atoms with Gasteiger partial charge < -0.3 is 0 Å². The van der Waals surface area contributed by atoms with Gasteiger partial charge in [-0.15, -0.1) is 0 Å². The molecule has 0 unspecified atom stereocenters. The largest absolute Gasteiger partial charge is 0.291 e. The minimum atomic E-state index is 0.680. The van der Waals surface area contributed by atoms with Crippen molar-refractivity contribution in [1.29, 1.82) is 0 Å². The minimum absolute atomic E-state index is 0.680. The van der Waals surface area contributed by atoms with Crippen LogP contribution in [0.1, 0.15) is 0 Å². The molecule has 0 saturated carbocycles. The van der Waals surface area contributed by atoms with Crippen molar-refractivity contribution in [3.63, 3.8) is 0 Å². The third-order valence-corrected chi connectivity index (χ3v) is 2.82. The first-order chi connectivity index (χ1) is 8.90. The predicted octanol–water partition coefficient (Wildman–Crippen LogP) is 1.67. The third-order valence-electron chi connectivity index (χ3n) is 2.82. The lowest BCUT2D eigenvalue weighted by molar-refractivity contribution is 1.10. The lowest BCUT2D eigenvalue weighted by atomic mass is 10.2. The summed E-state index contributed by atoms with van der Waals surface area (Å²) < 4.78 is 1.88. The summed E-state index contributed by atoms with van der Waals surface area (Å²) in [5, 5.41) is 7.75. The molecule has 0 spiro atoms. The molecule has 0 saturated heterocycles. The van der Waals surface area contributed by atoms with Crippen molar-refractivity contribution in [2.24, 2.45) is 0 Å². The lowest BCUT2D eigenvalue weighted by Crippen LogP contribution is -1.83. The van der Waals surface area contributed by atoms with Crippen LogP contribution in [-0.2, 0) is 0 Å². The first-order valence-electron chi connectivity index (χ1n) is 5.49. The molecule has 0 aliphatic rings. The van der Waals surface area contributed by atoms with Gasteiger partial charge in [0.25, 0.3) is 0 Å². The maximum Gasteiger partial charge on any atom is 0.234 e. The van der Waals surface area contributed by atoms with Gasteiger partial charge in [0.05, 0.1) is 11.9 Å². The fourth-order valence-corrected chi connectivity index (χ4v) is 1.95. The predicted molar refractivity (Wildman–Crippen MR) is 65.9 cm³/mol. The molecule has 4 heterocycles. The highest BCUT2D eigenvalue weighted by Gasteiger charge is 2.06. The van der Waals surface area contributed by atoms with Crippen molar-refractivity contribution in [1.82, 2.24) is 29.5 Å². The van der Waals surface area contributed by atoms with E-state index in [1.54, 1.807) is 18.6 Å². The number of hydrogen-bond acceptors (Lipinski definition) is 4. The van der Waals surface area contributed by atoms with E-state index in [0.717, 1.165) is 22.3 Å². The first-order valence-corrected chi connectivity index (χ1v) is 5.49. The topological polar surface area (TPSA) is 71.8 Å². The van der Waals surface area contributed by atoms with E-state index in [9.17, 15) is 0 Å². The van der Waals surface area contributed by atoms with Crippen LogP contribution >= 0.6 is 0 Å². The SMILES string of the molecule is c1cnc2nc(-c3cnc4[nH]ncc4c3)cn2c1. The standard InChI is InChI=1S/C12H8N6/c1-2-13-12-16-10(7-18(12)3-1)8-4-9-6-15-17-11(9)14-5-8/h1-7H,(H,14,15,17). The van der Waals surface area contributed by atoms with Gasteiger partial charge in [-0.2, -0.15) is 5.10 Å². The molecule has 0 amide bonds. The first kappa shape index (κ1) is 9.29. The summed E-state index contributed by atoms with van der Waals surface area (Å²) >= 11 is 0. The fourth-order valence-electron chi connectivity index (χ4n) is 1.95. The van der Waals surface area contributed by atoms with Gasteiger partial charge in [0.15, 0.2) is 5.65 Å². The summed E-state index contributed by atoms with van der Waals surface area (Å²) in [6, 6.07) is 3.88. The molecule has 4 aromatic heterocycles. The van der Waals surface area contributed by atoms with Crippen molar-refractivity contribution >= 4 is 16.8 Å². The fraction of sp³-hybridized carbons (Fsp3) is 0. The Kier molecular flexibility index (Phi) is 1.74. The number of hydrogen-bond donors (Lipinski definition) is 1. The number of fused-ring (bicyclic) bond motifs is 2. The average Bonchev–Trinajstić information content (AvgIpc) is 3.04. The zero-order valence-electron chi connectivity index (χ0n) is 9.28. The number of aromatic amines is 1. The van der Waals surface area contributed by atoms with Gasteiger partial charge in [-0.1, -0.05) is 0 Å². The normalized spacial score (nSPS) is 11.3. The quantitative estimate of drug-likeness (QED) is 0.545. The highest BCUT2D eigenvalue weighted by atomic mass is 15.1. The second kappa shape index (κ2) is 3.36. The van der Waals surface area contributed by atoms with E-state index in [1.165, 1.54) is 0 Å². The average molecular weight is 236 g/mol. The molecule has 4 rings (SSSR count). The molecule has 6 heteroatoms. The maximum absolute atomic E-state index is 4.46. The zero-order valence-corrected chi connectivity index (χ0v) is 9.28. The molecule has 0 atom stereocenters. The molecule has 0 radical (unpaired) electrons. The van der Waals surface area contributed by atoms with Gasteiger partial charge in [-0.25, -0.2) is 15.0 Å². The van der Waals surface area contributed by atoms with Crippen LogP contribution in [0.4, 0.5) is 0 Å². The zero-order chi connectivity index (χ0) is 11.9. The highest BCUT2D eigenvalue weighted by Crippen LogP contribution is 2.20. The molecule has 0 aliphatic heterocycles. The number of aromatic nitrogens is 6. The number of pyridine rings is 1. The molecule has 0 bridgehead atoms. The van der Waals surface area contributed by atoms with Crippen molar-refractivity contribution in [2.45, 2.75) is 0 Å². The Bertz CT molecular complexity index is 811. The van der Waals surface area contributed by atoms with Crippen LogP contribution in [-0.4, -0.2) is 29.5 Å². The molecule has 6 nitrogen and oxygen atoms in total. The van der Waals surface area contributed by atoms with Crippen molar-refractivity contribution in [3.8, 4) is 11.3 Å². The smallest absolute Gasteiger partial charge is 0.234 e. The van der Waals surface area contributed by atoms with E-state index in [2.05, 4.69) is 25.1 Å². The Morgan fingerprint density at radius 2 is 2.17 bits per heavy atom. The van der Waals surface area contributed by atoms with Crippen LogP contribution in [0.15, 0.2) is 43.1 Å². The van der Waals surface area contributed by atoms with Crippen LogP contribution in [0, 0.1) is 0 Å². The van der Waals surface area contributed by atoms with Gasteiger partial charge in [0.2, 0.25) is 5.78 Å². The van der Waals surface area contributed by atoms with Crippen LogP contribution in [0.3, 0.4) is 0 Å². The van der Waals surface area contributed by atoms with Crippen LogP contribution in [0.5, 0.6) is 0 Å². The van der Waals surface area contributed by atoms with Gasteiger partial charge in [-0.3, -0.25) is 9.50 Å². The van der Waals surface area contributed by atoms with Crippen LogP contribution in [0.25, 0.3) is 28.1 Å². The number of nitrogens with zero attached hydrogens (tertiary/aromatic N) is 5. The van der Waals surface area contributed by atoms with Crippen LogP contribution in [0.2, 0.25) is 0 Å². The summed E-state index contributed by atoms with van der Waals surface area (Å²) in [7, 11) is 0. The Labute approximate surface area is 101 Å². The second-order valence-electron chi connectivity index (χ2n) is 3.98. The molecule has 86 valence electrons. The monoisotopic (exact) mass is 236 g/mol. The maximum atomic E-state index is 4.46. The number of imidazole rings is 1. The van der Waals surface area contributed by atoms with Crippen LogP contribution < -0.4 is 0 Å². The minimum Gasteiger partial charge on any atom is -0.291 e. The number of rotatable bonds is 1. The second-order valence-corrected chi connectivity index (χ2v) is 3.98. The summed E-state index contributed by atoms with van der Waals surface area (Å²) in [5.41, 5.74) is 2.58. The highest BCUT2D eigenvalue weighted by molar-refractivity contribution is 5.79. The molecular weight excluding hydrogens is 228 g/mol. The Balaban J connectivity index is 1.94. The van der Waals surface area contributed by atoms with Crippen molar-refractivity contribution in [3.05, 3.63) is 43.1 Å². The summed E-state index contributed by atoms with van der Waals surface area (Å²) in [4.78, 5) is 12.9. The van der Waals surface area contributed by atoms with E-state index in [1.807, 2.05) is 28.9 Å². The van der Waals surface area contributed by atoms with Gasteiger partial charge >= 0.3 is 0 Å². The Hall–Kier alpha value is -2.76. The van der Waals surface area contributed by atoms with E-state index >= 15 is 0 Å². The van der Waals surface area contributed by atoms with Gasteiger partial charge in [0, 0.05) is 35.7 Å². The van der Waals surface area contributed by atoms with Gasteiger partial charge in [0.1, 0.15) is 0 Å². The molecule has 1 N–H and O–H groups in total. The number of nitrogens with one attached hydrogen (secondary N) is 1. The molecule has 0 fully saturated rings. The summed E-state index contributed by atoms with van der Waals surface area (Å²) in [6.45, 7) is 0. The number of H-pyrrole nitrogens is 1. The summed E-state index contributed by atoms with van der Waals surface area (Å²) in [6.07, 6.45) is 9.11. The molecule has 4 aromatic rings. The lowest BCUT2D eigenvalue weighted by Gasteiger charge is -1.94. The van der Waals surface area contributed by atoms with Crippen molar-refractivity contribution < 1.29 is 0 Å². The molecule has 0 aliphatic carbocycles. The van der Waals surface area contributed by atoms with E-state index in [-0.39, 0.29) is 0 Å².